The number of hydrogen-bond acceptors (Lipinski definition) is 5. The Morgan fingerprint density at radius 3 is 2.44 bits per heavy atom. The summed E-state index contributed by atoms with van der Waals surface area (Å²) in [5.74, 6) is 0.900. The van der Waals surface area contributed by atoms with Gasteiger partial charge in [-0.15, -0.1) is 0 Å². The van der Waals surface area contributed by atoms with Crippen molar-refractivity contribution in [2.24, 2.45) is 5.92 Å². The predicted octanol–water partition coefficient (Wildman–Crippen LogP) is 3.76. The van der Waals surface area contributed by atoms with Crippen molar-refractivity contribution in [2.75, 3.05) is 44.2 Å². The molecule has 1 aromatic heterocycles. The highest BCUT2D eigenvalue weighted by Gasteiger charge is 2.42. The predicted molar refractivity (Wildman–Crippen MR) is 158 cm³/mol. The molecule has 2 unspecified atom stereocenters. The van der Waals surface area contributed by atoms with Crippen LogP contribution in [0.2, 0.25) is 5.02 Å². The zero-order chi connectivity index (χ0) is 28.7. The van der Waals surface area contributed by atoms with Crippen molar-refractivity contribution in [3.05, 3.63) is 45.7 Å². The molecule has 0 radical (unpaired) electrons. The standard InChI is InChI=1S/C31H41ClN6O3/c1-20-6-5-9-25(29(20)32)35-14-16-36(17-15-35)27(40)19-38-26-18-22-7-3-4-8-24(22)28(26)30(34-38)31(41)37-12-10-23(11-13-37)33-21(2)39/h5-6,9,22-24H,3-4,7-8,10-19H2,1-2H3,(H,33,39). The molecule has 220 valence electrons. The number of carbonyl (C=O) groups is 3. The van der Waals surface area contributed by atoms with E-state index in [9.17, 15) is 14.4 Å². The van der Waals surface area contributed by atoms with Crippen molar-refractivity contribution in [1.29, 1.82) is 0 Å². The van der Waals surface area contributed by atoms with Crippen molar-refractivity contribution < 1.29 is 14.4 Å². The molecule has 3 heterocycles. The van der Waals surface area contributed by atoms with Gasteiger partial charge in [-0.25, -0.2) is 0 Å². The number of amides is 3. The van der Waals surface area contributed by atoms with E-state index < -0.39 is 0 Å². The molecule has 1 aromatic carbocycles. The van der Waals surface area contributed by atoms with Gasteiger partial charge in [0.1, 0.15) is 6.54 Å². The van der Waals surface area contributed by atoms with Gasteiger partial charge >= 0.3 is 0 Å². The number of hydrogen-bond donors (Lipinski definition) is 1. The third-order valence-electron chi connectivity index (χ3n) is 9.66. The Labute approximate surface area is 247 Å². The van der Waals surface area contributed by atoms with Crippen LogP contribution in [0.1, 0.15) is 78.7 Å². The van der Waals surface area contributed by atoms with Crippen molar-refractivity contribution in [2.45, 2.75) is 77.3 Å². The van der Waals surface area contributed by atoms with Gasteiger partial charge < -0.3 is 20.0 Å². The Hall–Kier alpha value is -3.07. The molecule has 2 saturated heterocycles. The van der Waals surface area contributed by atoms with Crippen LogP contribution >= 0.6 is 11.6 Å². The molecule has 3 fully saturated rings. The Bertz CT molecular complexity index is 1330. The van der Waals surface area contributed by atoms with Gasteiger partial charge in [-0.2, -0.15) is 5.10 Å². The molecule has 2 aliphatic heterocycles. The van der Waals surface area contributed by atoms with E-state index in [0.717, 1.165) is 66.3 Å². The molecule has 3 amide bonds. The van der Waals surface area contributed by atoms with Gasteiger partial charge in [0.05, 0.1) is 10.7 Å². The Kier molecular flexibility index (Phi) is 7.99. The molecule has 4 aliphatic rings. The largest absolute Gasteiger partial charge is 0.367 e. The Morgan fingerprint density at radius 1 is 0.976 bits per heavy atom. The molecule has 1 saturated carbocycles. The van der Waals surface area contributed by atoms with Gasteiger partial charge in [0.2, 0.25) is 11.8 Å². The van der Waals surface area contributed by atoms with Crippen molar-refractivity contribution >= 4 is 35.0 Å². The van der Waals surface area contributed by atoms with Crippen molar-refractivity contribution in [3.8, 4) is 0 Å². The molecule has 2 aromatic rings. The van der Waals surface area contributed by atoms with Crippen LogP contribution in [0.25, 0.3) is 0 Å². The third-order valence-corrected chi connectivity index (χ3v) is 10.1. The summed E-state index contributed by atoms with van der Waals surface area (Å²) >= 11 is 6.57. The molecule has 1 N–H and O–H groups in total. The smallest absolute Gasteiger partial charge is 0.274 e. The quantitative estimate of drug-likeness (QED) is 0.581. The summed E-state index contributed by atoms with van der Waals surface area (Å²) in [5.41, 5.74) is 4.83. The number of nitrogens with zero attached hydrogens (tertiary/aromatic N) is 5. The average Bonchev–Trinajstić information content (AvgIpc) is 3.52. The van der Waals surface area contributed by atoms with Gasteiger partial charge in [0.15, 0.2) is 5.69 Å². The van der Waals surface area contributed by atoms with Crippen LogP contribution in [0, 0.1) is 12.8 Å². The minimum atomic E-state index is -0.0280. The molecule has 0 bridgehead atoms. The van der Waals surface area contributed by atoms with E-state index in [4.69, 9.17) is 16.7 Å². The first kappa shape index (κ1) is 28.1. The minimum Gasteiger partial charge on any atom is -0.367 e. The minimum absolute atomic E-state index is 0.0244. The van der Waals surface area contributed by atoms with Gasteiger partial charge in [-0.3, -0.25) is 19.1 Å². The number of carbonyl (C=O) groups excluding carboxylic acids is 3. The van der Waals surface area contributed by atoms with Crippen LogP contribution in [-0.2, 0) is 22.6 Å². The number of piperidine rings is 1. The highest BCUT2D eigenvalue weighted by molar-refractivity contribution is 6.34. The van der Waals surface area contributed by atoms with Crippen LogP contribution in [0.5, 0.6) is 0 Å². The second-order valence-electron chi connectivity index (χ2n) is 12.3. The van der Waals surface area contributed by atoms with Crippen LogP contribution in [0.15, 0.2) is 18.2 Å². The van der Waals surface area contributed by atoms with E-state index in [1.807, 2.05) is 39.6 Å². The SMILES string of the molecule is CC(=O)NC1CCN(C(=O)c2nn(CC(=O)N3CCN(c4cccc(C)c4Cl)CC3)c3c2C2CCCCC2C3)CC1. The maximum Gasteiger partial charge on any atom is 0.274 e. The van der Waals surface area contributed by atoms with Gasteiger partial charge in [0, 0.05) is 63.5 Å². The normalized spacial score (nSPS) is 22.9. The first-order chi connectivity index (χ1) is 19.8. The molecule has 2 atom stereocenters. The first-order valence-corrected chi connectivity index (χ1v) is 15.6. The molecule has 6 rings (SSSR count). The number of aromatic nitrogens is 2. The number of fused-ring (bicyclic) bond motifs is 3. The molecule has 2 aliphatic carbocycles. The highest BCUT2D eigenvalue weighted by atomic mass is 35.5. The maximum absolute atomic E-state index is 13.8. The van der Waals surface area contributed by atoms with E-state index in [1.54, 1.807) is 0 Å². The van der Waals surface area contributed by atoms with E-state index in [2.05, 4.69) is 10.2 Å². The lowest BCUT2D eigenvalue weighted by Crippen LogP contribution is -2.49. The molecule has 0 spiro atoms. The van der Waals surface area contributed by atoms with Crippen molar-refractivity contribution in [1.82, 2.24) is 24.9 Å². The van der Waals surface area contributed by atoms with Crippen LogP contribution in [0.4, 0.5) is 5.69 Å². The van der Waals surface area contributed by atoms with E-state index in [-0.39, 0.29) is 30.3 Å². The first-order valence-electron chi connectivity index (χ1n) is 15.2. The molecule has 9 nitrogen and oxygen atoms in total. The maximum atomic E-state index is 13.8. The van der Waals surface area contributed by atoms with E-state index in [0.29, 0.717) is 43.7 Å². The number of anilines is 1. The van der Waals surface area contributed by atoms with Crippen LogP contribution < -0.4 is 10.2 Å². The summed E-state index contributed by atoms with van der Waals surface area (Å²) in [5, 5.41) is 8.63. The molecular formula is C31H41ClN6O3. The van der Waals surface area contributed by atoms with Crippen molar-refractivity contribution in [3.63, 3.8) is 0 Å². The van der Waals surface area contributed by atoms with E-state index >= 15 is 0 Å². The number of aryl methyl sites for hydroxylation is 1. The fourth-order valence-corrected chi connectivity index (χ4v) is 7.70. The monoisotopic (exact) mass is 580 g/mol. The fourth-order valence-electron chi connectivity index (χ4n) is 7.45. The highest BCUT2D eigenvalue weighted by Crippen LogP contribution is 2.48. The Morgan fingerprint density at radius 2 is 1.71 bits per heavy atom. The topological polar surface area (TPSA) is 90.8 Å². The second kappa shape index (κ2) is 11.7. The number of piperazine rings is 1. The molecular weight excluding hydrogens is 540 g/mol. The second-order valence-corrected chi connectivity index (χ2v) is 12.6. The van der Waals surface area contributed by atoms with Gasteiger partial charge in [-0.05, 0) is 62.5 Å². The summed E-state index contributed by atoms with van der Waals surface area (Å²) in [6.07, 6.45) is 7.07. The lowest BCUT2D eigenvalue weighted by molar-refractivity contribution is -0.132. The number of likely N-dealkylation sites (tertiary alicyclic amines) is 1. The number of nitrogens with one attached hydrogen (secondary N) is 1. The molecule has 10 heteroatoms. The Balaban J connectivity index is 1.16. The summed E-state index contributed by atoms with van der Waals surface area (Å²) in [6, 6.07) is 6.19. The summed E-state index contributed by atoms with van der Waals surface area (Å²) in [7, 11) is 0. The summed E-state index contributed by atoms with van der Waals surface area (Å²) in [6.45, 7) is 7.65. The zero-order valence-electron chi connectivity index (χ0n) is 24.2. The third kappa shape index (κ3) is 5.57. The average molecular weight is 581 g/mol. The van der Waals surface area contributed by atoms with Crippen LogP contribution in [-0.4, -0.2) is 82.6 Å². The summed E-state index contributed by atoms with van der Waals surface area (Å²) < 4.78 is 1.86. The number of halogens is 1. The van der Waals surface area contributed by atoms with Crippen LogP contribution in [0.3, 0.4) is 0 Å². The lowest BCUT2D eigenvalue weighted by atomic mass is 9.79. The number of rotatable bonds is 5. The van der Waals surface area contributed by atoms with E-state index in [1.165, 1.54) is 26.2 Å². The van der Waals surface area contributed by atoms with Gasteiger partial charge in [-0.1, -0.05) is 36.6 Å². The lowest BCUT2D eigenvalue weighted by Gasteiger charge is -2.36. The number of benzene rings is 1. The fraction of sp³-hybridized carbons (Fsp3) is 0.613. The summed E-state index contributed by atoms with van der Waals surface area (Å²) in [4.78, 5) is 44.9. The molecule has 41 heavy (non-hydrogen) atoms. The van der Waals surface area contributed by atoms with Gasteiger partial charge in [0.25, 0.3) is 5.91 Å². The zero-order valence-corrected chi connectivity index (χ0v) is 25.0.